The van der Waals surface area contributed by atoms with Crippen molar-refractivity contribution in [3.05, 3.63) is 23.9 Å². The molecule has 23 heavy (non-hydrogen) atoms. The maximum atomic E-state index is 12.6. The Morgan fingerprint density at radius 1 is 1.43 bits per heavy atom. The number of nitrogens with zero attached hydrogens (tertiary/aromatic N) is 6. The first-order valence-corrected chi connectivity index (χ1v) is 7.52. The fraction of sp³-hybridized carbons (Fsp3) is 0.500. The number of carbonyl (C=O) groups excluding carboxylic acids is 2. The summed E-state index contributed by atoms with van der Waals surface area (Å²) in [7, 11) is 1.68. The molecule has 3 rings (SSSR count). The van der Waals surface area contributed by atoms with E-state index in [1.165, 1.54) is 11.2 Å². The fourth-order valence-electron chi connectivity index (χ4n) is 2.60. The Bertz CT molecular complexity index is 748. The summed E-state index contributed by atoms with van der Waals surface area (Å²) in [4.78, 5) is 30.3. The van der Waals surface area contributed by atoms with Gasteiger partial charge < -0.3 is 5.32 Å². The number of amides is 2. The number of aryl methyl sites for hydroxylation is 3. The summed E-state index contributed by atoms with van der Waals surface area (Å²) in [5.74, 6) is 0.185. The topological polar surface area (TPSA) is 97.9 Å². The largest absolute Gasteiger partial charge is 0.337 e. The molecule has 9 heteroatoms. The molecule has 0 aromatic carbocycles. The first kappa shape index (κ1) is 15.2. The minimum Gasteiger partial charge on any atom is -0.337 e. The van der Waals surface area contributed by atoms with Gasteiger partial charge in [-0.2, -0.15) is 5.10 Å². The normalized spacial score (nSPS) is 17.8. The van der Waals surface area contributed by atoms with E-state index in [1.807, 2.05) is 19.9 Å². The molecule has 2 amide bonds. The summed E-state index contributed by atoms with van der Waals surface area (Å²) in [6, 6.07) is 1.23. The zero-order valence-electron chi connectivity index (χ0n) is 13.4. The number of rotatable bonds is 3. The van der Waals surface area contributed by atoms with Crippen LogP contribution >= 0.6 is 0 Å². The van der Waals surface area contributed by atoms with Gasteiger partial charge in [0.2, 0.25) is 5.82 Å². The van der Waals surface area contributed by atoms with E-state index in [-0.39, 0.29) is 11.7 Å². The van der Waals surface area contributed by atoms with Crippen LogP contribution in [0.3, 0.4) is 0 Å². The highest BCUT2D eigenvalue weighted by molar-refractivity contribution is 6.00. The lowest BCUT2D eigenvalue weighted by Crippen LogP contribution is -2.47. The second-order valence-electron chi connectivity index (χ2n) is 5.50. The van der Waals surface area contributed by atoms with Crippen molar-refractivity contribution in [3.8, 4) is 0 Å². The van der Waals surface area contributed by atoms with Crippen molar-refractivity contribution in [1.29, 1.82) is 0 Å². The molecule has 0 unspecified atom stereocenters. The predicted octanol–water partition coefficient (Wildman–Crippen LogP) is -0.0320. The molecule has 9 nitrogen and oxygen atoms in total. The van der Waals surface area contributed by atoms with Crippen LogP contribution in [0.2, 0.25) is 0 Å². The van der Waals surface area contributed by atoms with Crippen LogP contribution in [0.25, 0.3) is 0 Å². The lowest BCUT2D eigenvalue weighted by Gasteiger charge is -2.19. The lowest BCUT2D eigenvalue weighted by atomic mass is 10.2. The predicted molar refractivity (Wildman–Crippen MR) is 81.9 cm³/mol. The monoisotopic (exact) mass is 317 g/mol. The molecule has 0 bridgehead atoms. The van der Waals surface area contributed by atoms with E-state index >= 15 is 0 Å². The van der Waals surface area contributed by atoms with E-state index in [4.69, 9.17) is 0 Å². The molecular formula is C14H19N7O2. The molecule has 2 aromatic rings. The Morgan fingerprint density at radius 3 is 2.91 bits per heavy atom. The molecule has 2 aromatic heterocycles. The number of anilines is 1. The van der Waals surface area contributed by atoms with Gasteiger partial charge in [0.05, 0.1) is 5.69 Å². The van der Waals surface area contributed by atoms with Gasteiger partial charge in [0.1, 0.15) is 18.2 Å². The molecule has 0 aliphatic carbocycles. The molecule has 1 aliphatic rings. The van der Waals surface area contributed by atoms with Gasteiger partial charge in [0, 0.05) is 26.2 Å². The number of carbonyl (C=O) groups is 2. The van der Waals surface area contributed by atoms with Gasteiger partial charge >= 0.3 is 0 Å². The maximum Gasteiger partial charge on any atom is 0.291 e. The van der Waals surface area contributed by atoms with Gasteiger partial charge in [0.15, 0.2) is 0 Å². The summed E-state index contributed by atoms with van der Waals surface area (Å²) in [5.41, 5.74) is 0.858. The molecule has 1 aliphatic heterocycles. The second kappa shape index (κ2) is 5.82. The molecule has 0 saturated heterocycles. The van der Waals surface area contributed by atoms with E-state index in [1.54, 1.807) is 16.4 Å². The van der Waals surface area contributed by atoms with E-state index in [0.717, 1.165) is 11.5 Å². The Balaban J connectivity index is 1.75. The highest BCUT2D eigenvalue weighted by atomic mass is 16.2. The lowest BCUT2D eigenvalue weighted by molar-refractivity contribution is -0.120. The molecule has 1 N–H and O–H groups in total. The highest BCUT2D eigenvalue weighted by Crippen LogP contribution is 2.20. The average molecular weight is 317 g/mol. The standard InChI is InChI=1S/C14H19N7O2/c1-4-20-8-15-12(18-20)13(22)16-10-5-6-21-11(7-9(2)17-21)19(3)14(10)23/h7-8,10H,4-6H2,1-3H3,(H,16,22)/t10-/m0/s1. The summed E-state index contributed by atoms with van der Waals surface area (Å²) < 4.78 is 3.35. The smallest absolute Gasteiger partial charge is 0.291 e. The minimum atomic E-state index is -0.622. The first-order chi connectivity index (χ1) is 11.0. The molecule has 0 radical (unpaired) electrons. The van der Waals surface area contributed by atoms with Crippen LogP contribution in [0, 0.1) is 6.92 Å². The Hall–Kier alpha value is -2.71. The quantitative estimate of drug-likeness (QED) is 0.857. The molecule has 0 saturated carbocycles. The van der Waals surface area contributed by atoms with Crippen molar-refractivity contribution in [1.82, 2.24) is 29.9 Å². The molecular weight excluding hydrogens is 298 g/mol. The summed E-state index contributed by atoms with van der Waals surface area (Å²) >= 11 is 0. The molecule has 1 atom stereocenters. The summed E-state index contributed by atoms with van der Waals surface area (Å²) in [6.45, 7) is 4.98. The van der Waals surface area contributed by atoms with Crippen LogP contribution in [0.1, 0.15) is 29.7 Å². The van der Waals surface area contributed by atoms with Gasteiger partial charge in [-0.25, -0.2) is 9.67 Å². The number of aromatic nitrogens is 5. The SMILES string of the molecule is CCn1cnc(C(=O)N[C@H]2CCn3nc(C)cc3N(C)C2=O)n1. The van der Waals surface area contributed by atoms with Crippen molar-refractivity contribution in [2.75, 3.05) is 11.9 Å². The number of likely N-dealkylation sites (N-methyl/N-ethyl adjacent to an activating group) is 1. The van der Waals surface area contributed by atoms with Crippen molar-refractivity contribution in [2.24, 2.45) is 0 Å². The Morgan fingerprint density at radius 2 is 2.22 bits per heavy atom. The first-order valence-electron chi connectivity index (χ1n) is 7.52. The van der Waals surface area contributed by atoms with E-state index in [0.29, 0.717) is 19.5 Å². The van der Waals surface area contributed by atoms with Crippen LogP contribution in [0.15, 0.2) is 12.4 Å². The molecule has 3 heterocycles. The fourth-order valence-corrected chi connectivity index (χ4v) is 2.60. The van der Waals surface area contributed by atoms with Crippen molar-refractivity contribution in [2.45, 2.75) is 39.4 Å². The van der Waals surface area contributed by atoms with E-state index in [2.05, 4.69) is 20.5 Å². The van der Waals surface area contributed by atoms with Gasteiger partial charge in [-0.05, 0) is 20.3 Å². The molecule has 0 fully saturated rings. The van der Waals surface area contributed by atoms with Crippen LogP contribution in [-0.4, -0.2) is 49.4 Å². The highest BCUT2D eigenvalue weighted by Gasteiger charge is 2.31. The van der Waals surface area contributed by atoms with Crippen LogP contribution in [0.4, 0.5) is 5.82 Å². The minimum absolute atomic E-state index is 0.0696. The van der Waals surface area contributed by atoms with Gasteiger partial charge in [0.25, 0.3) is 11.8 Å². The second-order valence-corrected chi connectivity index (χ2v) is 5.50. The maximum absolute atomic E-state index is 12.6. The van der Waals surface area contributed by atoms with Crippen molar-refractivity contribution < 1.29 is 9.59 Å². The average Bonchev–Trinajstić information content (AvgIpc) is 3.13. The summed E-state index contributed by atoms with van der Waals surface area (Å²) in [5, 5.41) is 11.1. The number of fused-ring (bicyclic) bond motifs is 1. The number of hydrogen-bond acceptors (Lipinski definition) is 5. The van der Waals surface area contributed by atoms with Crippen LogP contribution < -0.4 is 10.2 Å². The van der Waals surface area contributed by atoms with E-state index in [9.17, 15) is 9.59 Å². The van der Waals surface area contributed by atoms with Gasteiger partial charge in [-0.1, -0.05) is 0 Å². The number of hydrogen-bond donors (Lipinski definition) is 1. The van der Waals surface area contributed by atoms with Gasteiger partial charge in [-0.15, -0.1) is 5.10 Å². The Labute approximate surface area is 133 Å². The molecule has 122 valence electrons. The van der Waals surface area contributed by atoms with Crippen molar-refractivity contribution in [3.63, 3.8) is 0 Å². The third kappa shape index (κ3) is 2.81. The number of nitrogens with one attached hydrogen (secondary N) is 1. The van der Waals surface area contributed by atoms with E-state index < -0.39 is 11.9 Å². The van der Waals surface area contributed by atoms with Crippen LogP contribution in [0.5, 0.6) is 0 Å². The zero-order valence-corrected chi connectivity index (χ0v) is 13.4. The van der Waals surface area contributed by atoms with Crippen LogP contribution in [-0.2, 0) is 17.9 Å². The summed E-state index contributed by atoms with van der Waals surface area (Å²) in [6.07, 6.45) is 1.96. The third-order valence-electron chi connectivity index (χ3n) is 3.85. The van der Waals surface area contributed by atoms with Gasteiger partial charge in [-0.3, -0.25) is 19.2 Å². The molecule has 0 spiro atoms. The zero-order chi connectivity index (χ0) is 16.6. The third-order valence-corrected chi connectivity index (χ3v) is 3.85. The van der Waals surface area contributed by atoms with Crippen molar-refractivity contribution >= 4 is 17.6 Å². The Kier molecular flexibility index (Phi) is 3.85.